The van der Waals surface area contributed by atoms with Crippen LogP contribution in [0, 0.1) is 6.92 Å². The van der Waals surface area contributed by atoms with Crippen LogP contribution in [0.3, 0.4) is 0 Å². The number of nitrogens with two attached hydrogens (primary N) is 2. The van der Waals surface area contributed by atoms with Crippen LogP contribution in [-0.4, -0.2) is 49.5 Å². The molecule has 9 aromatic carbocycles. The van der Waals surface area contributed by atoms with Crippen molar-refractivity contribution >= 4 is 51.8 Å². The Labute approximate surface area is 441 Å². The molecule has 0 aliphatic carbocycles. The standard InChI is InChI=1S/C50H38O11S3.C6H8N2.O3S/c1-34-3-25-45(26-4-34)63(53,54)48-31-32-49(50(33-48)64(55,56)57)61-44-19-11-38(12-20-44)37-9-17-41(18-10-37)60-43-23-29-47(30-24-43)62(51,52)46-27-21-42(22-28-46)59-40-15-7-36(8-16-40)35-5-13-39(58-2)14-6-35;7-5-2-1-3-6(8)4-5;1-4(2)3/h3-33H,1-2H3,(H,55,56,57);1-4H,7-8H2;. The smallest absolute Gasteiger partial charge is 0.425 e. The molecule has 0 aromatic heterocycles. The number of anilines is 2. The first-order chi connectivity index (χ1) is 36.2. The molecule has 76 heavy (non-hydrogen) atoms. The fraction of sp³-hybridized carbons (Fsp3) is 0.0357. The number of ether oxygens (including phenoxy) is 4. The SMILES string of the molecule is COc1ccc(-c2ccc(Oc3ccc(S(=O)(=O)c4ccc(Oc5ccc(-c6ccc(Oc7ccc(S(=O)(=O)c8ccc(C)cc8)cc7S(=O)(=O)O)cc6)cc5)cc4)cc3)cc2)cc1.Nc1cccc(N)c1.O=S(=O)=O. The Morgan fingerprint density at radius 3 is 1.03 bits per heavy atom. The van der Waals surface area contributed by atoms with Gasteiger partial charge in [-0.25, -0.2) is 16.8 Å². The number of benzene rings is 9. The summed E-state index contributed by atoms with van der Waals surface area (Å²) in [5.74, 6) is 2.80. The number of rotatable bonds is 14. The van der Waals surface area contributed by atoms with Gasteiger partial charge in [-0.2, -0.15) is 8.42 Å². The van der Waals surface area contributed by atoms with Gasteiger partial charge in [0.05, 0.1) is 26.7 Å². The van der Waals surface area contributed by atoms with Gasteiger partial charge in [0.25, 0.3) is 10.1 Å². The molecule has 0 saturated heterocycles. The molecule has 0 saturated carbocycles. The van der Waals surface area contributed by atoms with Gasteiger partial charge in [-0.3, -0.25) is 4.55 Å². The van der Waals surface area contributed by atoms with Crippen LogP contribution >= 0.6 is 0 Å². The second-order valence-electron chi connectivity index (χ2n) is 16.3. The first kappa shape index (κ1) is 55.0. The molecule has 16 nitrogen and oxygen atoms in total. The van der Waals surface area contributed by atoms with Crippen molar-refractivity contribution < 1.29 is 61.4 Å². The maximum atomic E-state index is 13.5. The van der Waals surface area contributed by atoms with Gasteiger partial charge in [0.1, 0.15) is 45.1 Å². The summed E-state index contributed by atoms with van der Waals surface area (Å²) in [6, 6.07) is 58.1. The van der Waals surface area contributed by atoms with E-state index in [9.17, 15) is 29.8 Å². The summed E-state index contributed by atoms with van der Waals surface area (Å²) in [6.07, 6.45) is 0. The summed E-state index contributed by atoms with van der Waals surface area (Å²) in [6.45, 7) is 1.81. The molecule has 0 aliphatic rings. The minimum Gasteiger partial charge on any atom is -0.497 e. The summed E-state index contributed by atoms with van der Waals surface area (Å²) in [5.41, 5.74) is 16.7. The summed E-state index contributed by atoms with van der Waals surface area (Å²) < 4.78 is 136. The molecule has 5 N–H and O–H groups in total. The van der Waals surface area contributed by atoms with Crippen molar-refractivity contribution in [3.05, 3.63) is 218 Å². The second-order valence-corrected chi connectivity index (χ2v) is 22.0. The highest BCUT2D eigenvalue weighted by Gasteiger charge is 2.25. The zero-order chi connectivity index (χ0) is 54.6. The van der Waals surface area contributed by atoms with Gasteiger partial charge in [0, 0.05) is 11.4 Å². The number of hydrogen-bond donors (Lipinski definition) is 3. The van der Waals surface area contributed by atoms with Crippen molar-refractivity contribution in [2.45, 2.75) is 31.4 Å². The lowest BCUT2D eigenvalue weighted by Gasteiger charge is -2.13. The molecule has 388 valence electrons. The lowest BCUT2D eigenvalue weighted by Crippen LogP contribution is -2.06. The van der Waals surface area contributed by atoms with Crippen molar-refractivity contribution in [1.82, 2.24) is 0 Å². The van der Waals surface area contributed by atoms with Crippen LogP contribution in [0.1, 0.15) is 5.56 Å². The van der Waals surface area contributed by atoms with Crippen molar-refractivity contribution in [1.29, 1.82) is 0 Å². The summed E-state index contributed by atoms with van der Waals surface area (Å²) in [4.78, 5) is -0.830. The molecule has 0 unspecified atom stereocenters. The number of methoxy groups -OCH3 is 1. The van der Waals surface area contributed by atoms with Crippen molar-refractivity contribution in [3.8, 4) is 62.5 Å². The average molecular weight is 1100 g/mol. The average Bonchev–Trinajstić information content (AvgIpc) is 3.40. The van der Waals surface area contributed by atoms with Crippen molar-refractivity contribution in [2.75, 3.05) is 18.6 Å². The molecule has 9 aromatic rings. The number of hydrogen-bond acceptors (Lipinski definition) is 15. The Bertz CT molecular complexity index is 3900. The van der Waals surface area contributed by atoms with Gasteiger partial charge in [-0.1, -0.05) is 72.3 Å². The predicted octanol–water partition coefficient (Wildman–Crippen LogP) is 11.5. The number of nitrogen functional groups attached to an aromatic ring is 2. The van der Waals surface area contributed by atoms with E-state index < -0.39 is 45.3 Å². The molecule has 0 heterocycles. The zero-order valence-electron chi connectivity index (χ0n) is 40.2. The van der Waals surface area contributed by atoms with Crippen LogP contribution < -0.4 is 30.4 Å². The van der Waals surface area contributed by atoms with Gasteiger partial charge in [-0.15, -0.1) is 12.6 Å². The van der Waals surface area contributed by atoms with E-state index in [1.165, 1.54) is 48.5 Å². The Morgan fingerprint density at radius 2 is 0.697 bits per heavy atom. The second kappa shape index (κ2) is 24.0. The third-order valence-electron chi connectivity index (χ3n) is 11.0. The maximum Gasteiger partial charge on any atom is 0.425 e. The van der Waals surface area contributed by atoms with Crippen LogP contribution in [0.25, 0.3) is 22.3 Å². The van der Waals surface area contributed by atoms with Crippen LogP contribution in [0.4, 0.5) is 11.4 Å². The summed E-state index contributed by atoms with van der Waals surface area (Å²) in [5, 5.41) is 0. The van der Waals surface area contributed by atoms with Crippen molar-refractivity contribution in [3.63, 3.8) is 0 Å². The summed E-state index contributed by atoms with van der Waals surface area (Å²) in [7, 11) is -14.3. The van der Waals surface area contributed by atoms with Gasteiger partial charge in [0.15, 0.2) is 0 Å². The Kier molecular flexibility index (Phi) is 17.4. The first-order valence-corrected chi connectivity index (χ1v) is 27.8. The van der Waals surface area contributed by atoms with E-state index in [-0.39, 0.29) is 31.1 Å². The minimum absolute atomic E-state index is 0.0262. The van der Waals surface area contributed by atoms with Gasteiger partial charge >= 0.3 is 10.6 Å². The predicted molar refractivity (Wildman–Crippen MR) is 287 cm³/mol. The third-order valence-corrected chi connectivity index (χ3v) is 15.5. The lowest BCUT2D eigenvalue weighted by molar-refractivity contribution is 0.415. The minimum atomic E-state index is -4.88. The Morgan fingerprint density at radius 1 is 0.395 bits per heavy atom. The molecular formula is C56H46N2O14S4. The topological polar surface area (TPSA) is 263 Å². The van der Waals surface area contributed by atoms with Crippen LogP contribution in [0.2, 0.25) is 0 Å². The van der Waals surface area contributed by atoms with E-state index >= 15 is 0 Å². The molecule has 0 atom stereocenters. The number of aryl methyl sites for hydroxylation is 1. The normalized spacial score (nSPS) is 11.1. The number of sulfone groups is 2. The third kappa shape index (κ3) is 14.5. The van der Waals surface area contributed by atoms with E-state index in [1.807, 2.05) is 73.7 Å². The Balaban J connectivity index is 0.000000623. The molecule has 9 rings (SSSR count). The largest absolute Gasteiger partial charge is 0.497 e. The fourth-order valence-corrected chi connectivity index (χ4v) is 10.5. The monoisotopic (exact) mass is 1100 g/mol. The molecule has 0 spiro atoms. The van der Waals surface area contributed by atoms with Crippen LogP contribution in [0.5, 0.6) is 40.2 Å². The van der Waals surface area contributed by atoms with Gasteiger partial charge in [-0.05, 0) is 175 Å². The molecule has 0 fully saturated rings. The highest BCUT2D eigenvalue weighted by Crippen LogP contribution is 2.35. The fourth-order valence-electron chi connectivity index (χ4n) is 7.19. The quantitative estimate of drug-likeness (QED) is 0.0675. The van der Waals surface area contributed by atoms with Crippen molar-refractivity contribution in [2.24, 2.45) is 0 Å². The van der Waals surface area contributed by atoms with Crippen LogP contribution in [0.15, 0.2) is 237 Å². The molecule has 20 heteroatoms. The van der Waals surface area contributed by atoms with Gasteiger partial charge in [0.2, 0.25) is 19.7 Å². The molecule has 0 radical (unpaired) electrons. The molecule has 0 aliphatic heterocycles. The van der Waals surface area contributed by atoms with E-state index in [2.05, 4.69) is 0 Å². The molecule has 0 amide bonds. The van der Waals surface area contributed by atoms with Gasteiger partial charge < -0.3 is 30.4 Å². The van der Waals surface area contributed by atoms with E-state index in [4.69, 9.17) is 43.0 Å². The Hall–Kier alpha value is -8.79. The molecular weight excluding hydrogens is 1050 g/mol. The highest BCUT2D eigenvalue weighted by atomic mass is 32.2. The van der Waals surface area contributed by atoms with Crippen LogP contribution in [-0.2, 0) is 40.4 Å². The zero-order valence-corrected chi connectivity index (χ0v) is 43.5. The molecule has 0 bridgehead atoms. The lowest BCUT2D eigenvalue weighted by atomic mass is 10.1. The first-order valence-electron chi connectivity index (χ1n) is 22.4. The van der Waals surface area contributed by atoms with E-state index in [1.54, 1.807) is 98.1 Å². The highest BCUT2D eigenvalue weighted by molar-refractivity contribution is 7.92. The summed E-state index contributed by atoms with van der Waals surface area (Å²) >= 11 is 0. The maximum absolute atomic E-state index is 13.5. The van der Waals surface area contributed by atoms with E-state index in [0.29, 0.717) is 34.4 Å². The van der Waals surface area contributed by atoms with E-state index in [0.717, 1.165) is 39.6 Å².